The largest absolute Gasteiger partial charge is 0.345 e. The summed E-state index contributed by atoms with van der Waals surface area (Å²) in [7, 11) is 0. The van der Waals surface area contributed by atoms with Crippen molar-refractivity contribution in [3.63, 3.8) is 0 Å². The van der Waals surface area contributed by atoms with Gasteiger partial charge in [0, 0.05) is 12.5 Å². The second-order valence-corrected chi connectivity index (χ2v) is 4.59. The maximum absolute atomic E-state index is 11.8. The summed E-state index contributed by atoms with van der Waals surface area (Å²) >= 11 is 0. The molecule has 0 spiro atoms. The van der Waals surface area contributed by atoms with E-state index < -0.39 is 10.8 Å². The van der Waals surface area contributed by atoms with E-state index in [0.29, 0.717) is 6.42 Å². The van der Waals surface area contributed by atoms with E-state index in [1.165, 1.54) is 24.3 Å². The van der Waals surface area contributed by atoms with E-state index in [1.54, 1.807) is 0 Å². The van der Waals surface area contributed by atoms with Gasteiger partial charge in [-0.25, -0.2) is 0 Å². The Morgan fingerprint density at radius 2 is 1.95 bits per heavy atom. The van der Waals surface area contributed by atoms with E-state index in [4.69, 9.17) is 0 Å². The van der Waals surface area contributed by atoms with Crippen LogP contribution >= 0.6 is 0 Å². The molecule has 1 aromatic rings. The number of carbonyl (C=O) groups is 2. The molecule has 0 saturated heterocycles. The van der Waals surface area contributed by atoms with E-state index in [1.807, 2.05) is 13.8 Å². The Labute approximate surface area is 111 Å². The van der Waals surface area contributed by atoms with Crippen LogP contribution in [0, 0.1) is 16.0 Å². The van der Waals surface area contributed by atoms with Crippen LogP contribution in [0.1, 0.15) is 30.6 Å². The van der Waals surface area contributed by atoms with Gasteiger partial charge in [-0.05, 0) is 12.0 Å². The number of para-hydroxylation sites is 1. The molecule has 0 aromatic heterocycles. The minimum absolute atomic E-state index is 0.0372. The maximum Gasteiger partial charge on any atom is 0.282 e. The molecule has 6 heteroatoms. The van der Waals surface area contributed by atoms with Crippen molar-refractivity contribution in [2.45, 2.75) is 20.3 Å². The summed E-state index contributed by atoms with van der Waals surface area (Å²) in [5, 5.41) is 13.2. The Morgan fingerprint density at radius 3 is 2.53 bits per heavy atom. The topological polar surface area (TPSA) is 89.3 Å². The molecule has 0 aliphatic carbocycles. The molecule has 0 aliphatic heterocycles. The zero-order valence-electron chi connectivity index (χ0n) is 10.9. The standard InChI is InChI=1S/C13H16N2O4/c1-9(2)7-10(16)8-14-13(17)11-5-3-4-6-12(11)15(18)19/h3-6,9H,7-8H2,1-2H3,(H,14,17). The molecule has 0 saturated carbocycles. The summed E-state index contributed by atoms with van der Waals surface area (Å²) in [6.45, 7) is 3.70. The van der Waals surface area contributed by atoms with Crippen LogP contribution in [0.2, 0.25) is 0 Å². The van der Waals surface area contributed by atoms with Crippen molar-refractivity contribution >= 4 is 17.4 Å². The number of nitro groups is 1. The fourth-order valence-electron chi connectivity index (χ4n) is 1.63. The van der Waals surface area contributed by atoms with Gasteiger partial charge in [0.2, 0.25) is 0 Å². The van der Waals surface area contributed by atoms with Gasteiger partial charge in [0.05, 0.1) is 11.5 Å². The molecule has 1 N–H and O–H groups in total. The van der Waals surface area contributed by atoms with Gasteiger partial charge >= 0.3 is 0 Å². The Hall–Kier alpha value is -2.24. The fraction of sp³-hybridized carbons (Fsp3) is 0.385. The molecule has 19 heavy (non-hydrogen) atoms. The van der Waals surface area contributed by atoms with Crippen molar-refractivity contribution in [2.24, 2.45) is 5.92 Å². The highest BCUT2D eigenvalue weighted by Gasteiger charge is 2.19. The van der Waals surface area contributed by atoms with Gasteiger partial charge in [-0.15, -0.1) is 0 Å². The lowest BCUT2D eigenvalue weighted by molar-refractivity contribution is -0.385. The fourth-order valence-corrected chi connectivity index (χ4v) is 1.63. The summed E-state index contributed by atoms with van der Waals surface area (Å²) in [5.41, 5.74) is -0.304. The second kappa shape index (κ2) is 6.63. The van der Waals surface area contributed by atoms with Crippen molar-refractivity contribution < 1.29 is 14.5 Å². The summed E-state index contributed by atoms with van der Waals surface area (Å²) in [5.74, 6) is -0.484. The van der Waals surface area contributed by atoms with Crippen LogP contribution in [0.3, 0.4) is 0 Å². The first kappa shape index (κ1) is 14.8. The average Bonchev–Trinajstić information content (AvgIpc) is 2.35. The van der Waals surface area contributed by atoms with Crippen LogP contribution in [0.4, 0.5) is 5.69 Å². The number of nitrogens with one attached hydrogen (secondary N) is 1. The molecule has 0 bridgehead atoms. The minimum atomic E-state index is -0.620. The van der Waals surface area contributed by atoms with Crippen LogP contribution in [0.15, 0.2) is 24.3 Å². The molecular formula is C13H16N2O4. The van der Waals surface area contributed by atoms with Crippen molar-refractivity contribution in [3.8, 4) is 0 Å². The van der Waals surface area contributed by atoms with Gasteiger partial charge < -0.3 is 5.32 Å². The first-order valence-corrected chi connectivity index (χ1v) is 5.95. The summed E-state index contributed by atoms with van der Waals surface area (Å²) < 4.78 is 0. The highest BCUT2D eigenvalue weighted by Crippen LogP contribution is 2.17. The average molecular weight is 264 g/mol. The van der Waals surface area contributed by atoms with Crippen molar-refractivity contribution in [2.75, 3.05) is 6.54 Å². The number of nitro benzene ring substituents is 1. The lowest BCUT2D eigenvalue weighted by Gasteiger charge is -2.06. The van der Waals surface area contributed by atoms with Crippen molar-refractivity contribution in [3.05, 3.63) is 39.9 Å². The molecule has 1 aromatic carbocycles. The van der Waals surface area contributed by atoms with Gasteiger partial charge in [0.25, 0.3) is 11.6 Å². The number of ketones is 1. The normalized spacial score (nSPS) is 10.3. The maximum atomic E-state index is 11.8. The third-order valence-electron chi connectivity index (χ3n) is 2.43. The molecule has 0 radical (unpaired) electrons. The molecule has 0 heterocycles. The third-order valence-corrected chi connectivity index (χ3v) is 2.43. The molecule has 102 valence electrons. The lowest BCUT2D eigenvalue weighted by atomic mass is 10.1. The van der Waals surface area contributed by atoms with Gasteiger partial charge in [0.15, 0.2) is 5.78 Å². The van der Waals surface area contributed by atoms with Crippen LogP contribution in [-0.4, -0.2) is 23.2 Å². The highest BCUT2D eigenvalue weighted by molar-refractivity contribution is 5.99. The molecule has 1 rings (SSSR count). The Kier molecular flexibility index (Phi) is 5.17. The third kappa shape index (κ3) is 4.50. The molecule has 0 aliphatic rings. The Morgan fingerprint density at radius 1 is 1.32 bits per heavy atom. The highest BCUT2D eigenvalue weighted by atomic mass is 16.6. The van der Waals surface area contributed by atoms with Gasteiger partial charge in [0.1, 0.15) is 5.56 Å². The molecular weight excluding hydrogens is 248 g/mol. The number of Topliss-reactive ketones (excluding diaryl/α,β-unsaturated/α-hetero) is 1. The van der Waals surface area contributed by atoms with E-state index >= 15 is 0 Å². The van der Waals surface area contributed by atoms with Crippen LogP contribution in [0.5, 0.6) is 0 Å². The minimum Gasteiger partial charge on any atom is -0.345 e. The Bertz CT molecular complexity index is 497. The van der Waals surface area contributed by atoms with E-state index in [2.05, 4.69) is 5.32 Å². The number of benzene rings is 1. The van der Waals surface area contributed by atoms with Crippen molar-refractivity contribution in [1.29, 1.82) is 0 Å². The zero-order chi connectivity index (χ0) is 14.4. The van der Waals surface area contributed by atoms with E-state index in [9.17, 15) is 19.7 Å². The van der Waals surface area contributed by atoms with Crippen LogP contribution in [0.25, 0.3) is 0 Å². The number of carbonyl (C=O) groups excluding carboxylic acids is 2. The van der Waals surface area contributed by atoms with Crippen molar-refractivity contribution in [1.82, 2.24) is 5.32 Å². The number of amides is 1. The Balaban J connectivity index is 2.69. The monoisotopic (exact) mass is 264 g/mol. The number of rotatable bonds is 6. The SMILES string of the molecule is CC(C)CC(=O)CNC(=O)c1ccccc1[N+](=O)[O-]. The molecule has 0 fully saturated rings. The predicted octanol–water partition coefficient (Wildman–Crippen LogP) is 1.94. The number of hydrogen-bond donors (Lipinski definition) is 1. The molecule has 0 unspecified atom stereocenters. The molecule has 0 atom stereocenters. The van der Waals surface area contributed by atoms with Gasteiger partial charge in [-0.1, -0.05) is 26.0 Å². The number of nitrogens with zero attached hydrogens (tertiary/aromatic N) is 1. The number of hydrogen-bond acceptors (Lipinski definition) is 4. The zero-order valence-corrected chi connectivity index (χ0v) is 10.9. The van der Waals surface area contributed by atoms with Gasteiger partial charge in [-0.3, -0.25) is 19.7 Å². The quantitative estimate of drug-likeness (QED) is 0.628. The lowest BCUT2D eigenvalue weighted by Crippen LogP contribution is -2.30. The summed E-state index contributed by atoms with van der Waals surface area (Å²) in [6.07, 6.45) is 0.372. The first-order chi connectivity index (χ1) is 8.91. The first-order valence-electron chi connectivity index (χ1n) is 5.95. The summed E-state index contributed by atoms with van der Waals surface area (Å²) in [4.78, 5) is 33.4. The van der Waals surface area contributed by atoms with Gasteiger partial charge in [-0.2, -0.15) is 0 Å². The molecule has 1 amide bonds. The molecule has 6 nitrogen and oxygen atoms in total. The van der Waals surface area contributed by atoms with E-state index in [-0.39, 0.29) is 29.5 Å². The summed E-state index contributed by atoms with van der Waals surface area (Å²) in [6, 6.07) is 5.64. The van der Waals surface area contributed by atoms with Crippen LogP contribution in [-0.2, 0) is 4.79 Å². The predicted molar refractivity (Wildman–Crippen MR) is 69.9 cm³/mol. The smallest absolute Gasteiger partial charge is 0.282 e. The van der Waals surface area contributed by atoms with E-state index in [0.717, 1.165) is 0 Å². The van der Waals surface area contributed by atoms with Crippen LogP contribution < -0.4 is 5.32 Å². The second-order valence-electron chi connectivity index (χ2n) is 4.59.